The largest absolute Gasteiger partial charge is 0.337 e. The number of carbonyl (C=O) groups excluding carboxylic acids is 1. The lowest BCUT2D eigenvalue weighted by atomic mass is 9.90. The van der Waals surface area contributed by atoms with E-state index in [1.807, 2.05) is 47.7 Å². The number of aryl methyl sites for hydroxylation is 1. The van der Waals surface area contributed by atoms with Crippen LogP contribution in [0.2, 0.25) is 0 Å². The first-order chi connectivity index (χ1) is 12.7. The van der Waals surface area contributed by atoms with Crippen LogP contribution in [0.25, 0.3) is 11.1 Å². The summed E-state index contributed by atoms with van der Waals surface area (Å²) >= 11 is 1.50. The van der Waals surface area contributed by atoms with Crippen molar-refractivity contribution in [3.05, 3.63) is 64.6 Å². The lowest BCUT2D eigenvalue weighted by Gasteiger charge is -2.33. The predicted molar refractivity (Wildman–Crippen MR) is 102 cm³/mol. The Bertz CT molecular complexity index is 895. The van der Waals surface area contributed by atoms with Gasteiger partial charge >= 0.3 is 0 Å². The highest BCUT2D eigenvalue weighted by Crippen LogP contribution is 2.33. The first-order valence-corrected chi connectivity index (χ1v) is 9.67. The fourth-order valence-corrected chi connectivity index (χ4v) is 4.18. The fourth-order valence-electron chi connectivity index (χ4n) is 3.49. The first-order valence-electron chi connectivity index (χ1n) is 8.79. The summed E-state index contributed by atoms with van der Waals surface area (Å²) in [6.45, 7) is 3.42. The number of nitrogens with zero attached hydrogens (tertiary/aromatic N) is 4. The molecule has 3 aromatic heterocycles. The number of piperidine rings is 1. The molecule has 132 valence electrons. The minimum atomic E-state index is 0.126. The van der Waals surface area contributed by atoms with Crippen LogP contribution in [0.15, 0.2) is 48.2 Å². The SMILES string of the molecule is Cc1ncc(-c2ccncc2)c([C@@H]2CCCN(C(=O)c3cccs3)C2)n1. The second-order valence-electron chi connectivity index (χ2n) is 6.52. The Balaban J connectivity index is 1.65. The molecule has 0 bridgehead atoms. The van der Waals surface area contributed by atoms with Crippen LogP contribution in [0.1, 0.15) is 39.9 Å². The van der Waals surface area contributed by atoms with Gasteiger partial charge in [-0.25, -0.2) is 9.97 Å². The van der Waals surface area contributed by atoms with Crippen LogP contribution in [-0.4, -0.2) is 38.8 Å². The van der Waals surface area contributed by atoms with Gasteiger partial charge in [-0.15, -0.1) is 11.3 Å². The maximum atomic E-state index is 12.8. The highest BCUT2D eigenvalue weighted by atomic mass is 32.1. The molecular weight excluding hydrogens is 344 g/mol. The van der Waals surface area contributed by atoms with Crippen LogP contribution in [0.5, 0.6) is 0 Å². The van der Waals surface area contributed by atoms with Crippen molar-refractivity contribution in [1.82, 2.24) is 19.9 Å². The minimum absolute atomic E-state index is 0.126. The third-order valence-corrected chi connectivity index (χ3v) is 5.62. The topological polar surface area (TPSA) is 59.0 Å². The Hall–Kier alpha value is -2.60. The van der Waals surface area contributed by atoms with Crippen molar-refractivity contribution in [2.45, 2.75) is 25.7 Å². The molecule has 1 fully saturated rings. The predicted octanol–water partition coefficient (Wildman–Crippen LogP) is 3.93. The molecule has 26 heavy (non-hydrogen) atoms. The maximum Gasteiger partial charge on any atom is 0.263 e. The lowest BCUT2D eigenvalue weighted by molar-refractivity contribution is 0.0711. The van der Waals surface area contributed by atoms with Crippen LogP contribution in [0.3, 0.4) is 0 Å². The van der Waals surface area contributed by atoms with E-state index in [1.165, 1.54) is 11.3 Å². The zero-order valence-electron chi connectivity index (χ0n) is 14.6. The van der Waals surface area contributed by atoms with E-state index in [2.05, 4.69) is 9.97 Å². The molecular formula is C20H20N4OS. The molecule has 4 rings (SSSR count). The Morgan fingerprint density at radius 2 is 2.12 bits per heavy atom. The summed E-state index contributed by atoms with van der Waals surface area (Å²) in [6.07, 6.45) is 7.48. The van der Waals surface area contributed by atoms with Gasteiger partial charge in [0.15, 0.2) is 0 Å². The number of hydrogen-bond acceptors (Lipinski definition) is 5. The quantitative estimate of drug-likeness (QED) is 0.706. The molecule has 1 atom stereocenters. The number of hydrogen-bond donors (Lipinski definition) is 0. The number of amides is 1. The van der Waals surface area contributed by atoms with Gasteiger partial charge in [-0.3, -0.25) is 9.78 Å². The Kier molecular flexibility index (Phi) is 4.75. The third kappa shape index (κ3) is 3.37. The summed E-state index contributed by atoms with van der Waals surface area (Å²) in [7, 11) is 0. The van der Waals surface area contributed by atoms with Crippen LogP contribution in [0, 0.1) is 6.92 Å². The number of carbonyl (C=O) groups is 1. The molecule has 0 unspecified atom stereocenters. The van der Waals surface area contributed by atoms with Crippen LogP contribution >= 0.6 is 11.3 Å². The van der Waals surface area contributed by atoms with E-state index in [1.54, 1.807) is 12.4 Å². The Morgan fingerprint density at radius 1 is 1.27 bits per heavy atom. The van der Waals surface area contributed by atoms with E-state index < -0.39 is 0 Å². The summed E-state index contributed by atoms with van der Waals surface area (Å²) < 4.78 is 0. The first kappa shape index (κ1) is 16.8. The van der Waals surface area contributed by atoms with Gasteiger partial charge in [-0.2, -0.15) is 0 Å². The van der Waals surface area contributed by atoms with Gasteiger partial charge in [0.25, 0.3) is 5.91 Å². The van der Waals surface area contributed by atoms with E-state index >= 15 is 0 Å². The third-order valence-electron chi connectivity index (χ3n) is 4.76. The molecule has 4 heterocycles. The van der Waals surface area contributed by atoms with Crippen molar-refractivity contribution in [2.24, 2.45) is 0 Å². The Morgan fingerprint density at radius 3 is 2.88 bits per heavy atom. The molecule has 0 radical (unpaired) electrons. The highest BCUT2D eigenvalue weighted by molar-refractivity contribution is 7.12. The van der Waals surface area contributed by atoms with Gasteiger partial charge < -0.3 is 4.90 Å². The summed E-state index contributed by atoms with van der Waals surface area (Å²) in [5, 5.41) is 1.95. The molecule has 1 aliphatic rings. The molecule has 5 nitrogen and oxygen atoms in total. The second-order valence-corrected chi connectivity index (χ2v) is 7.47. The summed E-state index contributed by atoms with van der Waals surface area (Å²) in [6, 6.07) is 7.78. The van der Waals surface area contributed by atoms with E-state index in [0.717, 1.165) is 46.9 Å². The minimum Gasteiger partial charge on any atom is -0.337 e. The second kappa shape index (κ2) is 7.33. The van der Waals surface area contributed by atoms with E-state index in [-0.39, 0.29) is 11.8 Å². The van der Waals surface area contributed by atoms with Gasteiger partial charge in [-0.05, 0) is 48.9 Å². The van der Waals surface area contributed by atoms with E-state index in [0.29, 0.717) is 6.54 Å². The van der Waals surface area contributed by atoms with Gasteiger partial charge in [0.1, 0.15) is 5.82 Å². The summed E-state index contributed by atoms with van der Waals surface area (Å²) in [4.78, 5) is 28.8. The van der Waals surface area contributed by atoms with Gasteiger partial charge in [0.05, 0.1) is 10.6 Å². The molecule has 6 heteroatoms. The molecule has 0 saturated carbocycles. The number of aromatic nitrogens is 3. The molecule has 0 spiro atoms. The number of thiophene rings is 1. The number of likely N-dealkylation sites (tertiary alicyclic amines) is 1. The van der Waals surface area contributed by atoms with Crippen LogP contribution < -0.4 is 0 Å². The molecule has 0 aromatic carbocycles. The fraction of sp³-hybridized carbons (Fsp3) is 0.300. The summed E-state index contributed by atoms with van der Waals surface area (Å²) in [5.41, 5.74) is 3.14. The van der Waals surface area contributed by atoms with Crippen LogP contribution in [0.4, 0.5) is 0 Å². The molecule has 0 N–H and O–H groups in total. The molecule has 1 aliphatic heterocycles. The average molecular weight is 364 g/mol. The van der Waals surface area contributed by atoms with Crippen molar-refractivity contribution in [3.8, 4) is 11.1 Å². The van der Waals surface area contributed by atoms with Crippen molar-refractivity contribution in [2.75, 3.05) is 13.1 Å². The standard InChI is InChI=1S/C20H20N4OS/c1-14-22-12-17(15-6-8-21-9-7-15)19(23-14)16-4-2-10-24(13-16)20(25)18-5-3-11-26-18/h3,5-9,11-12,16H,2,4,10,13H2,1H3/t16-/m1/s1. The van der Waals surface area contributed by atoms with Crippen LogP contribution in [-0.2, 0) is 0 Å². The Labute approximate surface area is 156 Å². The lowest BCUT2D eigenvalue weighted by Crippen LogP contribution is -2.39. The smallest absolute Gasteiger partial charge is 0.263 e. The molecule has 1 amide bonds. The van der Waals surface area contributed by atoms with Crippen molar-refractivity contribution >= 4 is 17.2 Å². The van der Waals surface area contributed by atoms with Gasteiger partial charge in [0, 0.05) is 43.2 Å². The highest BCUT2D eigenvalue weighted by Gasteiger charge is 2.28. The molecule has 0 aliphatic carbocycles. The van der Waals surface area contributed by atoms with Crippen molar-refractivity contribution in [1.29, 1.82) is 0 Å². The average Bonchev–Trinajstić information content (AvgIpc) is 3.23. The molecule has 3 aromatic rings. The van der Waals surface area contributed by atoms with Crippen molar-refractivity contribution < 1.29 is 4.79 Å². The number of rotatable bonds is 3. The summed E-state index contributed by atoms with van der Waals surface area (Å²) in [5.74, 6) is 1.11. The monoisotopic (exact) mass is 364 g/mol. The molecule has 1 saturated heterocycles. The normalized spacial score (nSPS) is 17.3. The number of pyridine rings is 1. The van der Waals surface area contributed by atoms with E-state index in [9.17, 15) is 4.79 Å². The zero-order chi connectivity index (χ0) is 17.9. The van der Waals surface area contributed by atoms with E-state index in [4.69, 9.17) is 4.98 Å². The maximum absolute atomic E-state index is 12.8. The van der Waals surface area contributed by atoms with Gasteiger partial charge in [-0.1, -0.05) is 6.07 Å². The van der Waals surface area contributed by atoms with Crippen molar-refractivity contribution in [3.63, 3.8) is 0 Å². The van der Waals surface area contributed by atoms with Gasteiger partial charge in [0.2, 0.25) is 0 Å². The zero-order valence-corrected chi connectivity index (χ0v) is 15.4.